The highest BCUT2D eigenvalue weighted by molar-refractivity contribution is 5.92. The number of unbranched alkanes of at least 4 members (excludes halogenated alkanes) is 1. The van der Waals surface area contributed by atoms with Crippen molar-refractivity contribution in [3.63, 3.8) is 0 Å². The number of urea groups is 1. The Morgan fingerprint density at radius 1 is 1.08 bits per heavy atom. The zero-order valence-corrected chi connectivity index (χ0v) is 22.0. The number of piperazine rings is 1. The van der Waals surface area contributed by atoms with Gasteiger partial charge in [0.25, 0.3) is 5.91 Å². The first-order valence-electron chi connectivity index (χ1n) is 13.4. The molecule has 1 aromatic heterocycles. The van der Waals surface area contributed by atoms with Crippen LogP contribution < -0.4 is 11.1 Å². The van der Waals surface area contributed by atoms with Crippen LogP contribution in [0.5, 0.6) is 0 Å². The summed E-state index contributed by atoms with van der Waals surface area (Å²) in [4.78, 5) is 53.6. The van der Waals surface area contributed by atoms with Crippen molar-refractivity contribution >= 4 is 28.6 Å². The molecule has 2 aromatic carbocycles. The molecule has 0 saturated carbocycles. The number of nitrogens with two attached hydrogens (primary N) is 1. The van der Waals surface area contributed by atoms with E-state index in [1.54, 1.807) is 22.2 Å². The van der Waals surface area contributed by atoms with Crippen LogP contribution in [0.3, 0.4) is 0 Å². The Balaban J connectivity index is 1.46. The Bertz CT molecular complexity index is 1330. The van der Waals surface area contributed by atoms with Gasteiger partial charge in [0.15, 0.2) is 12.8 Å². The number of pyridine rings is 1. The van der Waals surface area contributed by atoms with E-state index in [0.29, 0.717) is 25.9 Å². The molecule has 3 atom stereocenters. The average Bonchev–Trinajstić information content (AvgIpc) is 2.96. The fourth-order valence-electron chi connectivity index (χ4n) is 5.51. The van der Waals surface area contributed by atoms with Crippen LogP contribution in [-0.4, -0.2) is 69.1 Å². The van der Waals surface area contributed by atoms with Crippen LogP contribution in [0, 0.1) is 0 Å². The van der Waals surface area contributed by atoms with E-state index in [2.05, 4.69) is 10.3 Å². The Kier molecular flexibility index (Phi) is 8.04. The Hall–Kier alpha value is -4.02. The first-order chi connectivity index (χ1) is 19.0. The lowest BCUT2D eigenvalue weighted by Crippen LogP contribution is -2.75. The SMILES string of the molecule is C[C@H]1[C@@H]2N(C(=O)NCc3ccncc3)OCC(=O)N2[C@@H](CCCCN)C(=O)N1Cc1cccc2ccccc12. The van der Waals surface area contributed by atoms with Gasteiger partial charge >= 0.3 is 6.03 Å². The molecular weight excluding hydrogens is 496 g/mol. The number of hydrogen-bond acceptors (Lipinski definition) is 6. The van der Waals surface area contributed by atoms with E-state index in [0.717, 1.165) is 28.3 Å². The third-order valence-electron chi connectivity index (χ3n) is 7.51. The van der Waals surface area contributed by atoms with Crippen LogP contribution in [-0.2, 0) is 27.5 Å². The monoisotopic (exact) mass is 530 g/mol. The van der Waals surface area contributed by atoms with Crippen LogP contribution in [0.1, 0.15) is 37.3 Å². The number of hydrogen-bond donors (Lipinski definition) is 2. The topological polar surface area (TPSA) is 121 Å². The summed E-state index contributed by atoms with van der Waals surface area (Å²) in [7, 11) is 0. The second kappa shape index (κ2) is 11.8. The maximum absolute atomic E-state index is 14.0. The molecule has 204 valence electrons. The van der Waals surface area contributed by atoms with Gasteiger partial charge in [-0.1, -0.05) is 42.5 Å². The van der Waals surface area contributed by atoms with Gasteiger partial charge in [-0.2, -0.15) is 5.06 Å². The molecule has 10 nitrogen and oxygen atoms in total. The lowest BCUT2D eigenvalue weighted by Gasteiger charge is -2.54. The zero-order valence-electron chi connectivity index (χ0n) is 22.0. The maximum atomic E-state index is 14.0. The van der Waals surface area contributed by atoms with Crippen molar-refractivity contribution in [3.8, 4) is 0 Å². The van der Waals surface area contributed by atoms with Gasteiger partial charge in [0.1, 0.15) is 6.04 Å². The molecule has 3 N–H and O–H groups in total. The van der Waals surface area contributed by atoms with Crippen LogP contribution in [0.4, 0.5) is 4.79 Å². The highest BCUT2D eigenvalue weighted by Crippen LogP contribution is 2.33. The second-order valence-electron chi connectivity index (χ2n) is 9.97. The number of carbonyl (C=O) groups is 3. The van der Waals surface area contributed by atoms with E-state index in [1.165, 1.54) is 5.06 Å². The van der Waals surface area contributed by atoms with E-state index in [1.807, 2.05) is 61.5 Å². The number of rotatable bonds is 8. The molecule has 5 rings (SSSR count). The molecule has 2 aliphatic heterocycles. The highest BCUT2D eigenvalue weighted by Gasteiger charge is 2.53. The number of hydroxylamine groups is 2. The third kappa shape index (κ3) is 5.43. The van der Waals surface area contributed by atoms with E-state index < -0.39 is 24.3 Å². The molecule has 2 saturated heterocycles. The molecule has 2 aliphatic rings. The largest absolute Gasteiger partial charge is 0.343 e. The summed E-state index contributed by atoms with van der Waals surface area (Å²) in [5, 5.41) is 6.25. The predicted octanol–water partition coefficient (Wildman–Crippen LogP) is 2.77. The molecule has 0 unspecified atom stereocenters. The van der Waals surface area contributed by atoms with Gasteiger partial charge in [0, 0.05) is 25.5 Å². The van der Waals surface area contributed by atoms with Crippen molar-refractivity contribution in [1.29, 1.82) is 0 Å². The minimum absolute atomic E-state index is 0.129. The fraction of sp³-hybridized carbons (Fsp3) is 0.379. The van der Waals surface area contributed by atoms with E-state index in [4.69, 9.17) is 10.6 Å². The Labute approximate surface area is 227 Å². The van der Waals surface area contributed by atoms with Gasteiger partial charge in [-0.05, 0) is 66.8 Å². The van der Waals surface area contributed by atoms with Crippen LogP contribution in [0.25, 0.3) is 10.8 Å². The first-order valence-corrected chi connectivity index (χ1v) is 13.4. The second-order valence-corrected chi connectivity index (χ2v) is 9.97. The van der Waals surface area contributed by atoms with E-state index in [-0.39, 0.29) is 25.0 Å². The summed E-state index contributed by atoms with van der Waals surface area (Å²) >= 11 is 0. The molecule has 0 bridgehead atoms. The highest BCUT2D eigenvalue weighted by atomic mass is 16.7. The number of fused-ring (bicyclic) bond motifs is 2. The summed E-state index contributed by atoms with van der Waals surface area (Å²) in [5.74, 6) is -0.433. The Morgan fingerprint density at radius 3 is 2.64 bits per heavy atom. The van der Waals surface area contributed by atoms with Crippen LogP contribution >= 0.6 is 0 Å². The lowest BCUT2D eigenvalue weighted by molar-refractivity contribution is -0.246. The number of nitrogens with one attached hydrogen (secondary N) is 1. The fourth-order valence-corrected chi connectivity index (χ4v) is 5.51. The number of amides is 4. The van der Waals surface area contributed by atoms with Crippen molar-refractivity contribution in [2.45, 2.75) is 57.5 Å². The summed E-state index contributed by atoms with van der Waals surface area (Å²) in [6.07, 6.45) is 4.43. The molecule has 4 amide bonds. The maximum Gasteiger partial charge on any atom is 0.343 e. The molecule has 0 radical (unpaired) electrons. The van der Waals surface area contributed by atoms with Crippen molar-refractivity contribution in [1.82, 2.24) is 25.2 Å². The normalized spacial score (nSPS) is 21.3. The number of carbonyl (C=O) groups excluding carboxylic acids is 3. The molecule has 10 heteroatoms. The zero-order chi connectivity index (χ0) is 27.4. The Morgan fingerprint density at radius 2 is 1.85 bits per heavy atom. The lowest BCUT2D eigenvalue weighted by atomic mass is 9.96. The van der Waals surface area contributed by atoms with Gasteiger partial charge in [0.2, 0.25) is 5.91 Å². The summed E-state index contributed by atoms with van der Waals surface area (Å²) in [5.41, 5.74) is 7.61. The van der Waals surface area contributed by atoms with Gasteiger partial charge in [-0.3, -0.25) is 19.4 Å². The third-order valence-corrected chi connectivity index (χ3v) is 7.51. The number of nitrogens with zero attached hydrogens (tertiary/aromatic N) is 4. The minimum atomic E-state index is -0.778. The summed E-state index contributed by atoms with van der Waals surface area (Å²) in [6.45, 7) is 2.67. The van der Waals surface area contributed by atoms with Gasteiger partial charge in [0.05, 0.1) is 6.04 Å². The molecule has 39 heavy (non-hydrogen) atoms. The van der Waals surface area contributed by atoms with Crippen molar-refractivity contribution in [3.05, 3.63) is 78.1 Å². The summed E-state index contributed by atoms with van der Waals surface area (Å²) in [6, 6.07) is 16.0. The minimum Gasteiger partial charge on any atom is -0.332 e. The average molecular weight is 531 g/mol. The number of benzene rings is 2. The van der Waals surface area contributed by atoms with E-state index in [9.17, 15) is 14.4 Å². The van der Waals surface area contributed by atoms with Crippen molar-refractivity contribution in [2.75, 3.05) is 13.2 Å². The van der Waals surface area contributed by atoms with Gasteiger partial charge in [-0.15, -0.1) is 0 Å². The number of aromatic nitrogens is 1. The van der Waals surface area contributed by atoms with Gasteiger partial charge in [-0.25, -0.2) is 4.79 Å². The summed E-state index contributed by atoms with van der Waals surface area (Å²) < 4.78 is 0. The molecule has 2 fully saturated rings. The first kappa shape index (κ1) is 26.6. The van der Waals surface area contributed by atoms with Crippen molar-refractivity contribution < 1.29 is 19.2 Å². The molecule has 3 aromatic rings. The quantitative estimate of drug-likeness (QED) is 0.432. The molecule has 0 spiro atoms. The van der Waals surface area contributed by atoms with Crippen LogP contribution in [0.15, 0.2) is 67.0 Å². The molecular formula is C29H34N6O4. The van der Waals surface area contributed by atoms with E-state index >= 15 is 0 Å². The predicted molar refractivity (Wildman–Crippen MR) is 146 cm³/mol. The van der Waals surface area contributed by atoms with Crippen molar-refractivity contribution in [2.24, 2.45) is 5.73 Å². The smallest absolute Gasteiger partial charge is 0.332 e. The molecule has 3 heterocycles. The molecule has 0 aliphatic carbocycles. The standard InChI is InChI=1S/C29H34N6O4/c1-20-27-34(26(36)19-39-35(27)29(38)32-17-21-12-15-31-16-13-21)25(11-4-5-14-30)28(37)33(20)18-23-9-6-8-22-7-2-3-10-24(22)23/h2-3,6-10,12-13,15-16,20,25,27H,4-5,11,14,17-19,30H2,1H3,(H,32,38)/t20-,25-,27-/m0/s1. The van der Waals surface area contributed by atoms with Crippen LogP contribution in [0.2, 0.25) is 0 Å². The van der Waals surface area contributed by atoms with Gasteiger partial charge < -0.3 is 20.9 Å².